The quantitative estimate of drug-likeness (QED) is 0.223. The average molecular weight is 513 g/mol. The average Bonchev–Trinajstić information content (AvgIpc) is 3.03. The van der Waals surface area contributed by atoms with Gasteiger partial charge in [-0.1, -0.05) is 109 Å². The first-order valence-electron chi connectivity index (χ1n) is 13.6. The molecule has 0 radical (unpaired) electrons. The summed E-state index contributed by atoms with van der Waals surface area (Å²) in [7, 11) is 0. The number of hydrogen-bond acceptors (Lipinski definition) is 3. The zero-order valence-corrected chi connectivity index (χ0v) is 21.7. The molecule has 0 fully saturated rings. The molecular weight excluding hydrogens is 489 g/mol. The van der Waals surface area contributed by atoms with E-state index in [1.165, 1.54) is 11.1 Å². The number of ether oxygens (including phenoxy) is 2. The third-order valence-electron chi connectivity index (χ3n) is 7.78. The molecule has 3 nitrogen and oxygen atoms in total. The molecule has 0 atom stereocenters. The predicted octanol–water partition coefficient (Wildman–Crippen LogP) is 8.18. The minimum Gasteiger partial charge on any atom is -0.458 e. The molecule has 6 aromatic rings. The lowest BCUT2D eigenvalue weighted by Crippen LogP contribution is -2.57. The molecule has 2 aliphatic heterocycles. The van der Waals surface area contributed by atoms with Gasteiger partial charge in [0.05, 0.1) is 11.4 Å². The maximum absolute atomic E-state index is 6.58. The van der Waals surface area contributed by atoms with Gasteiger partial charge in [0.15, 0.2) is 0 Å². The number of rotatable bonds is 3. The van der Waals surface area contributed by atoms with E-state index in [-0.39, 0.29) is 6.85 Å². The summed E-state index contributed by atoms with van der Waals surface area (Å²) in [5, 5.41) is 0. The highest BCUT2D eigenvalue weighted by Crippen LogP contribution is 2.50. The number of hydrogen-bond donors (Lipinski definition) is 0. The first-order valence-corrected chi connectivity index (χ1v) is 13.6. The van der Waals surface area contributed by atoms with Crippen LogP contribution in [0.2, 0.25) is 0 Å². The number of nitrogens with zero attached hydrogens (tertiary/aromatic N) is 1. The summed E-state index contributed by atoms with van der Waals surface area (Å²) in [6.45, 7) is -0.111. The maximum atomic E-state index is 6.58. The molecule has 8 rings (SSSR count). The van der Waals surface area contributed by atoms with Crippen molar-refractivity contribution in [3.05, 3.63) is 146 Å². The summed E-state index contributed by atoms with van der Waals surface area (Å²) in [5.41, 5.74) is 8.91. The Balaban J connectivity index is 1.40. The van der Waals surface area contributed by atoms with Gasteiger partial charge in [0.2, 0.25) is 0 Å². The fourth-order valence-electron chi connectivity index (χ4n) is 5.89. The van der Waals surface area contributed by atoms with Gasteiger partial charge in [-0.3, -0.25) is 0 Å². The third kappa shape index (κ3) is 3.69. The van der Waals surface area contributed by atoms with Crippen LogP contribution in [-0.2, 0) is 0 Å². The third-order valence-corrected chi connectivity index (χ3v) is 7.78. The van der Waals surface area contributed by atoms with Crippen LogP contribution in [0.1, 0.15) is 0 Å². The number of para-hydroxylation sites is 2. The molecular formula is C36H24BNO2. The van der Waals surface area contributed by atoms with Crippen LogP contribution in [0.15, 0.2) is 146 Å². The largest absolute Gasteiger partial charge is 0.458 e. The number of benzene rings is 6. The van der Waals surface area contributed by atoms with Gasteiger partial charge in [0.1, 0.15) is 23.0 Å². The number of fused-ring (bicyclic) bond motifs is 4. The van der Waals surface area contributed by atoms with Gasteiger partial charge in [-0.05, 0) is 69.6 Å². The summed E-state index contributed by atoms with van der Waals surface area (Å²) in [6, 6.07) is 50.7. The summed E-state index contributed by atoms with van der Waals surface area (Å²) in [5.74, 6) is 3.42. The van der Waals surface area contributed by atoms with Crippen molar-refractivity contribution < 1.29 is 9.47 Å². The van der Waals surface area contributed by atoms with E-state index >= 15 is 0 Å². The molecule has 6 aromatic carbocycles. The summed E-state index contributed by atoms with van der Waals surface area (Å²) in [6.07, 6.45) is 0. The van der Waals surface area contributed by atoms with Gasteiger partial charge in [0, 0.05) is 0 Å². The monoisotopic (exact) mass is 513 g/mol. The van der Waals surface area contributed by atoms with Gasteiger partial charge in [-0.2, -0.15) is 0 Å². The first-order chi connectivity index (χ1) is 19.8. The van der Waals surface area contributed by atoms with Crippen LogP contribution in [0, 0.1) is 0 Å². The van der Waals surface area contributed by atoms with Crippen molar-refractivity contribution >= 4 is 29.1 Å². The molecule has 0 saturated heterocycles. The van der Waals surface area contributed by atoms with Crippen LogP contribution in [0.4, 0.5) is 11.4 Å². The topological polar surface area (TPSA) is 21.7 Å². The molecule has 2 heterocycles. The van der Waals surface area contributed by atoms with Crippen LogP contribution in [-0.4, -0.2) is 6.85 Å². The lowest BCUT2D eigenvalue weighted by Gasteiger charge is -2.40. The molecule has 2 aliphatic rings. The van der Waals surface area contributed by atoms with Crippen molar-refractivity contribution in [1.29, 1.82) is 0 Å². The van der Waals surface area contributed by atoms with Crippen molar-refractivity contribution in [2.45, 2.75) is 0 Å². The Labute approximate surface area is 234 Å². The molecule has 0 unspecified atom stereocenters. The zero-order chi connectivity index (χ0) is 26.5. The number of anilines is 2. The maximum Gasteiger partial charge on any atom is 0.335 e. The Kier molecular flexibility index (Phi) is 5.24. The van der Waals surface area contributed by atoms with Crippen molar-refractivity contribution in [1.82, 2.24) is 0 Å². The Morgan fingerprint density at radius 1 is 0.375 bits per heavy atom. The van der Waals surface area contributed by atoms with Crippen molar-refractivity contribution in [2.24, 2.45) is 0 Å². The highest BCUT2D eigenvalue weighted by atomic mass is 16.5. The second-order valence-corrected chi connectivity index (χ2v) is 10.1. The van der Waals surface area contributed by atoms with Gasteiger partial charge in [-0.15, -0.1) is 0 Å². The van der Waals surface area contributed by atoms with Crippen molar-refractivity contribution in [3.63, 3.8) is 0 Å². The first kappa shape index (κ1) is 22.7. The van der Waals surface area contributed by atoms with E-state index < -0.39 is 0 Å². The van der Waals surface area contributed by atoms with Gasteiger partial charge < -0.3 is 14.3 Å². The second-order valence-electron chi connectivity index (χ2n) is 10.1. The van der Waals surface area contributed by atoms with Crippen molar-refractivity contribution in [3.8, 4) is 45.3 Å². The van der Waals surface area contributed by atoms with Crippen LogP contribution in [0.25, 0.3) is 22.3 Å². The van der Waals surface area contributed by atoms with E-state index in [0.717, 1.165) is 56.4 Å². The minimum atomic E-state index is -0.111. The van der Waals surface area contributed by atoms with E-state index in [2.05, 4.69) is 138 Å². The highest BCUT2D eigenvalue weighted by Gasteiger charge is 2.41. The normalized spacial score (nSPS) is 12.8. The molecule has 0 amide bonds. The smallest absolute Gasteiger partial charge is 0.335 e. The summed E-state index contributed by atoms with van der Waals surface area (Å²) >= 11 is 0. The molecule has 0 aliphatic carbocycles. The Hall–Kier alpha value is -5.22. The minimum absolute atomic E-state index is 0.111. The Bertz CT molecular complexity index is 1740. The summed E-state index contributed by atoms with van der Waals surface area (Å²) in [4.78, 5) is 2.44. The molecule has 0 spiro atoms. The van der Waals surface area contributed by atoms with E-state index in [4.69, 9.17) is 9.47 Å². The fraction of sp³-hybridized carbons (Fsp3) is 0. The standard InChI is InChI=1S/C36H24BNO2/c1-3-11-25(12-4-1)27-19-21-35-31(23-27)38(32-24-28(20-22-36(32)40-35)26-13-5-2-6-14-26)37-29-15-7-9-17-33(29)39-34-18-10-8-16-30(34)37/h1-24H. The molecule has 0 bridgehead atoms. The molecule has 0 saturated carbocycles. The molecule has 0 N–H and O–H groups in total. The molecule has 188 valence electrons. The molecule has 40 heavy (non-hydrogen) atoms. The molecule has 0 aromatic heterocycles. The van der Waals surface area contributed by atoms with E-state index in [9.17, 15) is 0 Å². The SMILES string of the molecule is c1ccc(-c2ccc3c(c2)N(B2c4ccccc4Oc4ccccc42)c2cc(-c4ccccc4)ccc2O3)cc1. The zero-order valence-electron chi connectivity index (χ0n) is 21.7. The van der Waals surface area contributed by atoms with Crippen LogP contribution >= 0.6 is 0 Å². The van der Waals surface area contributed by atoms with Gasteiger partial charge in [-0.25, -0.2) is 0 Å². The summed E-state index contributed by atoms with van der Waals surface area (Å²) < 4.78 is 13.0. The fourth-order valence-corrected chi connectivity index (χ4v) is 5.89. The van der Waals surface area contributed by atoms with Crippen LogP contribution < -0.4 is 25.2 Å². The van der Waals surface area contributed by atoms with E-state index in [1.807, 2.05) is 12.1 Å². The lowest BCUT2D eigenvalue weighted by atomic mass is 9.47. The second kappa shape index (κ2) is 9.21. The Morgan fingerprint density at radius 2 is 0.800 bits per heavy atom. The van der Waals surface area contributed by atoms with Crippen LogP contribution in [0.3, 0.4) is 0 Å². The van der Waals surface area contributed by atoms with Gasteiger partial charge in [0.25, 0.3) is 0 Å². The van der Waals surface area contributed by atoms with Crippen molar-refractivity contribution in [2.75, 3.05) is 4.81 Å². The van der Waals surface area contributed by atoms with E-state index in [0.29, 0.717) is 0 Å². The predicted molar refractivity (Wildman–Crippen MR) is 164 cm³/mol. The lowest BCUT2D eigenvalue weighted by molar-refractivity contribution is 0.477. The Morgan fingerprint density at radius 3 is 1.30 bits per heavy atom. The molecule has 4 heteroatoms. The van der Waals surface area contributed by atoms with Gasteiger partial charge >= 0.3 is 6.85 Å². The van der Waals surface area contributed by atoms with E-state index in [1.54, 1.807) is 0 Å². The van der Waals surface area contributed by atoms with Crippen LogP contribution in [0.5, 0.6) is 23.0 Å². The highest BCUT2D eigenvalue weighted by molar-refractivity contribution is 6.90.